The van der Waals surface area contributed by atoms with E-state index in [1.807, 2.05) is 25.1 Å². The third kappa shape index (κ3) is 7.01. The van der Waals surface area contributed by atoms with Gasteiger partial charge in [-0.2, -0.15) is 0 Å². The highest BCUT2D eigenvalue weighted by Gasteiger charge is 2.22. The molecule has 2 aromatic rings. The van der Waals surface area contributed by atoms with Crippen molar-refractivity contribution in [2.45, 2.75) is 25.8 Å². The molecule has 0 aromatic heterocycles. The number of para-hydroxylation sites is 1. The van der Waals surface area contributed by atoms with Gasteiger partial charge in [-0.05, 0) is 36.6 Å². The monoisotopic (exact) mass is 552 g/mol. The molecular weight excluding hydrogens is 519 g/mol. The third-order valence-corrected chi connectivity index (χ3v) is 5.32. The van der Waals surface area contributed by atoms with Crippen molar-refractivity contribution in [3.05, 3.63) is 59.2 Å². The zero-order valence-corrected chi connectivity index (χ0v) is 21.5. The average molecular weight is 552 g/mol. The number of nitrogens with one attached hydrogen (secondary N) is 2. The molecule has 32 heavy (non-hydrogen) atoms. The zero-order valence-electron chi connectivity index (χ0n) is 19.2. The Bertz CT molecular complexity index is 933. The molecule has 1 heterocycles. The highest BCUT2D eigenvalue weighted by atomic mass is 127. The molecule has 0 saturated carbocycles. The molecule has 7 nitrogen and oxygen atoms in total. The lowest BCUT2D eigenvalue weighted by Gasteiger charge is -2.28. The number of rotatable bonds is 7. The summed E-state index contributed by atoms with van der Waals surface area (Å²) in [7, 11) is 5.16. The summed E-state index contributed by atoms with van der Waals surface area (Å²) in [5, 5.41) is 6.87. The molecule has 1 unspecified atom stereocenters. The van der Waals surface area contributed by atoms with Gasteiger partial charge in [-0.25, -0.2) is 4.99 Å². The first-order valence-corrected chi connectivity index (χ1v) is 10.6. The summed E-state index contributed by atoms with van der Waals surface area (Å²) in [4.78, 5) is 18.1. The molecule has 2 N–H and O–H groups in total. The van der Waals surface area contributed by atoms with Crippen LogP contribution in [0.3, 0.4) is 0 Å². The first kappa shape index (κ1) is 25.8. The zero-order chi connectivity index (χ0) is 22.2. The summed E-state index contributed by atoms with van der Waals surface area (Å²) >= 11 is 0. The maximum Gasteiger partial charge on any atom is 0.243 e. The van der Waals surface area contributed by atoms with E-state index in [9.17, 15) is 4.79 Å². The number of benzene rings is 2. The van der Waals surface area contributed by atoms with Gasteiger partial charge in [0.15, 0.2) is 5.96 Å². The number of hydrogen-bond donors (Lipinski definition) is 2. The molecule has 1 aliphatic heterocycles. The maximum absolute atomic E-state index is 12.1. The molecule has 0 radical (unpaired) electrons. The van der Waals surface area contributed by atoms with Gasteiger partial charge in [-0.15, -0.1) is 24.0 Å². The Labute approximate surface area is 207 Å². The van der Waals surface area contributed by atoms with Crippen molar-refractivity contribution in [3.8, 4) is 11.5 Å². The lowest BCUT2D eigenvalue weighted by Crippen LogP contribution is -2.42. The number of ether oxygens (including phenoxy) is 2. The number of carbonyl (C=O) groups excluding carboxylic acids is 1. The number of hydrogen-bond acceptors (Lipinski definition) is 4. The molecule has 2 aromatic carbocycles. The van der Waals surface area contributed by atoms with Gasteiger partial charge in [0.05, 0.1) is 19.8 Å². The first-order chi connectivity index (χ1) is 15.0. The van der Waals surface area contributed by atoms with Gasteiger partial charge in [0.1, 0.15) is 18.0 Å². The van der Waals surface area contributed by atoms with Crippen LogP contribution in [0.1, 0.15) is 29.2 Å². The van der Waals surface area contributed by atoms with Crippen molar-refractivity contribution < 1.29 is 14.3 Å². The lowest BCUT2D eigenvalue weighted by molar-refractivity contribution is -0.127. The van der Waals surface area contributed by atoms with Crippen LogP contribution in [0.4, 0.5) is 0 Å². The standard InChI is InChI=1S/C24H32N4O3.HI/c1-17-9-10-18(15-22(17)30-4)11-13-25-24(26-16-23(29)28(2)3)27-20-12-14-31-21-8-6-5-7-19(20)21;/h5-10,15,20H,11-14,16H2,1-4H3,(H2,25,26,27);1H. The Morgan fingerprint density at radius 3 is 2.78 bits per heavy atom. The highest BCUT2D eigenvalue weighted by Crippen LogP contribution is 2.31. The average Bonchev–Trinajstić information content (AvgIpc) is 2.78. The molecule has 8 heteroatoms. The quantitative estimate of drug-likeness (QED) is 0.313. The summed E-state index contributed by atoms with van der Waals surface area (Å²) in [6, 6.07) is 14.3. The van der Waals surface area contributed by atoms with E-state index in [-0.39, 0.29) is 42.5 Å². The summed E-state index contributed by atoms with van der Waals surface area (Å²) in [6.45, 7) is 3.44. The lowest BCUT2D eigenvalue weighted by atomic mass is 10.0. The van der Waals surface area contributed by atoms with E-state index < -0.39 is 0 Å². The number of methoxy groups -OCH3 is 1. The van der Waals surface area contributed by atoms with Crippen molar-refractivity contribution in [3.63, 3.8) is 0 Å². The Morgan fingerprint density at radius 2 is 2.03 bits per heavy atom. The predicted molar refractivity (Wildman–Crippen MR) is 138 cm³/mol. The summed E-state index contributed by atoms with van der Waals surface area (Å²) in [6.07, 6.45) is 1.64. The van der Waals surface area contributed by atoms with E-state index in [0.717, 1.165) is 35.5 Å². The van der Waals surface area contributed by atoms with Crippen LogP contribution in [0.5, 0.6) is 11.5 Å². The van der Waals surface area contributed by atoms with Crippen LogP contribution in [0.25, 0.3) is 0 Å². The topological polar surface area (TPSA) is 75.2 Å². The second kappa shape index (κ2) is 12.5. The SMILES string of the molecule is COc1cc(CCNC(=NCC(=O)N(C)C)NC2CCOc3ccccc32)ccc1C.I. The number of nitrogens with zero attached hydrogens (tertiary/aromatic N) is 2. The predicted octanol–water partition coefficient (Wildman–Crippen LogP) is 3.31. The number of halogens is 1. The van der Waals surface area contributed by atoms with Crippen LogP contribution in [0, 0.1) is 6.92 Å². The highest BCUT2D eigenvalue weighted by molar-refractivity contribution is 14.0. The van der Waals surface area contributed by atoms with Crippen LogP contribution >= 0.6 is 24.0 Å². The summed E-state index contributed by atoms with van der Waals surface area (Å²) in [5.74, 6) is 2.36. The smallest absolute Gasteiger partial charge is 0.243 e. The number of guanidine groups is 1. The normalized spacial score (nSPS) is 15.0. The fraction of sp³-hybridized carbons (Fsp3) is 0.417. The minimum atomic E-state index is -0.0447. The Kier molecular flexibility index (Phi) is 10.1. The van der Waals surface area contributed by atoms with E-state index in [1.165, 1.54) is 5.56 Å². The Balaban J connectivity index is 0.00000363. The number of aliphatic imine (C=N–C) groups is 1. The second-order valence-corrected chi connectivity index (χ2v) is 7.81. The van der Waals surface area contributed by atoms with Crippen molar-refractivity contribution in [1.29, 1.82) is 0 Å². The van der Waals surface area contributed by atoms with Crippen LogP contribution in [0.2, 0.25) is 0 Å². The minimum Gasteiger partial charge on any atom is -0.496 e. The molecule has 0 bridgehead atoms. The molecule has 0 saturated heterocycles. The Morgan fingerprint density at radius 1 is 1.25 bits per heavy atom. The number of aryl methyl sites for hydroxylation is 1. The first-order valence-electron chi connectivity index (χ1n) is 10.6. The van der Waals surface area contributed by atoms with Gasteiger partial charge in [0, 0.05) is 32.6 Å². The van der Waals surface area contributed by atoms with E-state index >= 15 is 0 Å². The minimum absolute atomic E-state index is 0. The van der Waals surface area contributed by atoms with Gasteiger partial charge in [0.2, 0.25) is 5.91 Å². The molecule has 1 aliphatic rings. The van der Waals surface area contributed by atoms with Gasteiger partial charge >= 0.3 is 0 Å². The van der Waals surface area contributed by atoms with E-state index in [2.05, 4.69) is 39.9 Å². The summed E-state index contributed by atoms with van der Waals surface area (Å²) in [5.41, 5.74) is 3.39. The van der Waals surface area contributed by atoms with Crippen LogP contribution in [-0.4, -0.2) is 57.7 Å². The molecule has 0 aliphatic carbocycles. The molecule has 1 atom stereocenters. The second-order valence-electron chi connectivity index (χ2n) is 7.81. The number of carbonyl (C=O) groups is 1. The third-order valence-electron chi connectivity index (χ3n) is 5.32. The van der Waals surface area contributed by atoms with Gasteiger partial charge in [0.25, 0.3) is 0 Å². The molecule has 174 valence electrons. The van der Waals surface area contributed by atoms with Gasteiger partial charge in [-0.3, -0.25) is 4.79 Å². The maximum atomic E-state index is 12.1. The van der Waals surface area contributed by atoms with Crippen LogP contribution in [0.15, 0.2) is 47.5 Å². The number of fused-ring (bicyclic) bond motifs is 1. The molecule has 1 amide bonds. The molecule has 0 fully saturated rings. The van der Waals surface area contributed by atoms with Gasteiger partial charge < -0.3 is 25.0 Å². The molecular formula is C24H33IN4O3. The van der Waals surface area contributed by atoms with Crippen LogP contribution in [-0.2, 0) is 11.2 Å². The van der Waals surface area contributed by atoms with Crippen molar-refractivity contribution >= 4 is 35.8 Å². The fourth-order valence-electron chi connectivity index (χ4n) is 3.44. The van der Waals surface area contributed by atoms with Crippen molar-refractivity contribution in [2.75, 3.05) is 40.9 Å². The van der Waals surface area contributed by atoms with Crippen molar-refractivity contribution in [1.82, 2.24) is 15.5 Å². The van der Waals surface area contributed by atoms with Crippen molar-refractivity contribution in [2.24, 2.45) is 4.99 Å². The molecule has 0 spiro atoms. The summed E-state index contributed by atoms with van der Waals surface area (Å²) < 4.78 is 11.2. The van der Waals surface area contributed by atoms with Crippen LogP contribution < -0.4 is 20.1 Å². The Hall–Kier alpha value is -2.49. The number of amides is 1. The van der Waals surface area contributed by atoms with E-state index in [1.54, 1.807) is 26.1 Å². The van der Waals surface area contributed by atoms with E-state index in [0.29, 0.717) is 19.1 Å². The number of likely N-dealkylation sites (N-methyl/N-ethyl adjacent to an activating group) is 1. The fourth-order valence-corrected chi connectivity index (χ4v) is 3.44. The van der Waals surface area contributed by atoms with E-state index in [4.69, 9.17) is 9.47 Å². The largest absolute Gasteiger partial charge is 0.496 e. The van der Waals surface area contributed by atoms with Gasteiger partial charge in [-0.1, -0.05) is 30.3 Å². The molecule has 3 rings (SSSR count).